The highest BCUT2D eigenvalue weighted by atomic mass is 16.5. The molecule has 0 aromatic heterocycles. The first kappa shape index (κ1) is 13.5. The van der Waals surface area contributed by atoms with E-state index in [-0.39, 0.29) is 0 Å². The van der Waals surface area contributed by atoms with Crippen LogP contribution in [-0.4, -0.2) is 12.9 Å². The van der Waals surface area contributed by atoms with E-state index in [1.54, 1.807) is 0 Å². The van der Waals surface area contributed by atoms with Gasteiger partial charge in [0, 0.05) is 6.61 Å². The van der Waals surface area contributed by atoms with Crippen molar-refractivity contribution >= 4 is 6.29 Å². The molecule has 0 atom stereocenters. The Kier molecular flexibility index (Phi) is 4.48. The summed E-state index contributed by atoms with van der Waals surface area (Å²) >= 11 is 0. The van der Waals surface area contributed by atoms with Crippen LogP contribution in [0, 0.1) is 0 Å². The Morgan fingerprint density at radius 2 is 1.42 bits per heavy atom. The summed E-state index contributed by atoms with van der Waals surface area (Å²) in [7, 11) is 0. The van der Waals surface area contributed by atoms with Gasteiger partial charge in [0.25, 0.3) is 0 Å². The molecule has 0 aliphatic carbocycles. The minimum Gasteiger partial charge on any atom is -0.358 e. The number of aldehydes is 1. The highest BCUT2D eigenvalue weighted by Gasteiger charge is 2.34. The molecule has 0 saturated carbocycles. The molecular formula is C17H18O2. The van der Waals surface area contributed by atoms with E-state index in [2.05, 4.69) is 0 Å². The van der Waals surface area contributed by atoms with Gasteiger partial charge in [0.05, 0.1) is 0 Å². The normalized spacial score (nSPS) is 11.2. The summed E-state index contributed by atoms with van der Waals surface area (Å²) < 4.78 is 5.93. The van der Waals surface area contributed by atoms with E-state index in [0.29, 0.717) is 6.61 Å². The maximum Gasteiger partial charge on any atom is 0.173 e. The van der Waals surface area contributed by atoms with Crippen LogP contribution in [-0.2, 0) is 15.1 Å². The topological polar surface area (TPSA) is 26.3 Å². The third-order valence-corrected chi connectivity index (χ3v) is 3.11. The second-order valence-electron chi connectivity index (χ2n) is 4.43. The molecule has 0 aliphatic rings. The SMILES string of the molecule is CCCOC(C=O)(c1ccccc1)c1ccccc1. The van der Waals surface area contributed by atoms with Crippen LogP contribution in [0.5, 0.6) is 0 Å². The monoisotopic (exact) mass is 254 g/mol. The first-order valence-electron chi connectivity index (χ1n) is 6.55. The summed E-state index contributed by atoms with van der Waals surface area (Å²) in [5.74, 6) is 0. The molecule has 0 heterocycles. The third kappa shape index (κ3) is 2.74. The van der Waals surface area contributed by atoms with Crippen molar-refractivity contribution in [1.82, 2.24) is 0 Å². The Labute approximate surface area is 114 Å². The van der Waals surface area contributed by atoms with Crippen LogP contribution < -0.4 is 0 Å². The fourth-order valence-corrected chi connectivity index (χ4v) is 2.14. The lowest BCUT2D eigenvalue weighted by Gasteiger charge is -2.29. The van der Waals surface area contributed by atoms with Crippen LogP contribution in [0.3, 0.4) is 0 Å². The first-order chi connectivity index (χ1) is 9.33. The summed E-state index contributed by atoms with van der Waals surface area (Å²) in [5, 5.41) is 0. The van der Waals surface area contributed by atoms with Crippen LogP contribution in [0.4, 0.5) is 0 Å². The van der Waals surface area contributed by atoms with Crippen LogP contribution >= 0.6 is 0 Å². The summed E-state index contributed by atoms with van der Waals surface area (Å²) in [6.45, 7) is 2.58. The fourth-order valence-electron chi connectivity index (χ4n) is 2.14. The summed E-state index contributed by atoms with van der Waals surface area (Å²) in [5.41, 5.74) is 0.729. The van der Waals surface area contributed by atoms with Gasteiger partial charge in [-0.2, -0.15) is 0 Å². The van der Waals surface area contributed by atoms with Crippen LogP contribution in [0.25, 0.3) is 0 Å². The van der Waals surface area contributed by atoms with Crippen molar-refractivity contribution in [3.05, 3.63) is 71.8 Å². The van der Waals surface area contributed by atoms with Gasteiger partial charge in [0.2, 0.25) is 0 Å². The Hall–Kier alpha value is -1.93. The standard InChI is InChI=1S/C17H18O2/c1-2-13-19-17(14-18,15-9-5-3-6-10-15)16-11-7-4-8-12-16/h3-12,14H,2,13H2,1H3. The summed E-state index contributed by atoms with van der Waals surface area (Å²) in [6.07, 6.45) is 1.77. The predicted molar refractivity (Wildman–Crippen MR) is 76.0 cm³/mol. The van der Waals surface area contributed by atoms with E-state index in [9.17, 15) is 4.79 Å². The van der Waals surface area contributed by atoms with Crippen molar-refractivity contribution in [3.63, 3.8) is 0 Å². The number of carbonyl (C=O) groups is 1. The minimum absolute atomic E-state index is 0.544. The molecule has 2 heteroatoms. The third-order valence-electron chi connectivity index (χ3n) is 3.11. The van der Waals surface area contributed by atoms with Gasteiger partial charge in [-0.05, 0) is 17.5 Å². The van der Waals surface area contributed by atoms with Crippen molar-refractivity contribution in [2.24, 2.45) is 0 Å². The van der Waals surface area contributed by atoms with Gasteiger partial charge in [0.15, 0.2) is 11.9 Å². The number of benzene rings is 2. The summed E-state index contributed by atoms with van der Waals surface area (Å²) in [6, 6.07) is 19.3. The van der Waals surface area contributed by atoms with Crippen molar-refractivity contribution < 1.29 is 9.53 Å². The average molecular weight is 254 g/mol. The highest BCUT2D eigenvalue weighted by molar-refractivity contribution is 5.72. The minimum atomic E-state index is -1.00. The molecule has 0 bridgehead atoms. The number of hydrogen-bond acceptors (Lipinski definition) is 2. The lowest BCUT2D eigenvalue weighted by Crippen LogP contribution is -2.33. The number of rotatable bonds is 6. The molecular weight excluding hydrogens is 236 g/mol. The molecule has 2 nitrogen and oxygen atoms in total. The van der Waals surface area contributed by atoms with Gasteiger partial charge in [-0.1, -0.05) is 67.6 Å². The maximum absolute atomic E-state index is 11.8. The second-order valence-corrected chi connectivity index (χ2v) is 4.43. The smallest absolute Gasteiger partial charge is 0.173 e. The van der Waals surface area contributed by atoms with Crippen molar-refractivity contribution in [1.29, 1.82) is 0 Å². The molecule has 0 radical (unpaired) electrons. The molecule has 2 rings (SSSR count). The lowest BCUT2D eigenvalue weighted by atomic mass is 9.87. The Balaban J connectivity index is 2.51. The van der Waals surface area contributed by atoms with Gasteiger partial charge in [0.1, 0.15) is 0 Å². The second kappa shape index (κ2) is 6.30. The predicted octanol–water partition coefficient (Wildman–Crippen LogP) is 3.56. The van der Waals surface area contributed by atoms with Crippen LogP contribution in [0.2, 0.25) is 0 Å². The zero-order chi connectivity index (χ0) is 13.6. The zero-order valence-electron chi connectivity index (χ0n) is 11.1. The van der Waals surface area contributed by atoms with Gasteiger partial charge >= 0.3 is 0 Å². The molecule has 19 heavy (non-hydrogen) atoms. The first-order valence-corrected chi connectivity index (χ1v) is 6.55. The molecule has 0 saturated heterocycles. The lowest BCUT2D eigenvalue weighted by molar-refractivity contribution is -0.127. The van der Waals surface area contributed by atoms with Gasteiger partial charge in [-0.15, -0.1) is 0 Å². The molecule has 2 aromatic rings. The Morgan fingerprint density at radius 1 is 0.947 bits per heavy atom. The van der Waals surface area contributed by atoms with E-state index in [4.69, 9.17) is 4.74 Å². The van der Waals surface area contributed by atoms with Gasteiger partial charge < -0.3 is 4.74 Å². The Bertz CT molecular complexity index is 466. The zero-order valence-corrected chi connectivity index (χ0v) is 11.1. The van der Waals surface area contributed by atoms with E-state index >= 15 is 0 Å². The van der Waals surface area contributed by atoms with Crippen molar-refractivity contribution in [3.8, 4) is 0 Å². The highest BCUT2D eigenvalue weighted by Crippen LogP contribution is 2.31. The molecule has 98 valence electrons. The number of ether oxygens (including phenoxy) is 1. The largest absolute Gasteiger partial charge is 0.358 e. The maximum atomic E-state index is 11.8. The average Bonchev–Trinajstić information content (AvgIpc) is 2.51. The van der Waals surface area contributed by atoms with E-state index in [1.165, 1.54) is 0 Å². The van der Waals surface area contributed by atoms with E-state index in [0.717, 1.165) is 23.8 Å². The number of hydrogen-bond donors (Lipinski definition) is 0. The Morgan fingerprint density at radius 3 is 1.79 bits per heavy atom. The molecule has 0 fully saturated rings. The molecule has 0 spiro atoms. The molecule has 0 aliphatic heterocycles. The fraction of sp³-hybridized carbons (Fsp3) is 0.235. The molecule has 0 unspecified atom stereocenters. The van der Waals surface area contributed by atoms with Crippen LogP contribution in [0.15, 0.2) is 60.7 Å². The van der Waals surface area contributed by atoms with Crippen molar-refractivity contribution in [2.75, 3.05) is 6.61 Å². The van der Waals surface area contributed by atoms with Crippen LogP contribution in [0.1, 0.15) is 24.5 Å². The van der Waals surface area contributed by atoms with Crippen molar-refractivity contribution in [2.45, 2.75) is 18.9 Å². The van der Waals surface area contributed by atoms with Gasteiger partial charge in [-0.25, -0.2) is 0 Å². The molecule has 2 aromatic carbocycles. The number of carbonyl (C=O) groups excluding carboxylic acids is 1. The molecule has 0 amide bonds. The van der Waals surface area contributed by atoms with E-state index < -0.39 is 5.60 Å². The van der Waals surface area contributed by atoms with Gasteiger partial charge in [-0.3, -0.25) is 4.79 Å². The quantitative estimate of drug-likeness (QED) is 0.737. The van der Waals surface area contributed by atoms with E-state index in [1.807, 2.05) is 67.6 Å². The summed E-state index contributed by atoms with van der Waals surface area (Å²) in [4.78, 5) is 11.8. The molecule has 0 N–H and O–H groups in total.